The molecule has 6 aliphatic heterocycles. The lowest BCUT2D eigenvalue weighted by Gasteiger charge is -2.56. The van der Waals surface area contributed by atoms with Crippen LogP contribution in [0.4, 0.5) is 0 Å². The maximum atomic E-state index is 12.0. The summed E-state index contributed by atoms with van der Waals surface area (Å²) in [6.45, 7) is 16.1. The van der Waals surface area contributed by atoms with Crippen molar-refractivity contribution in [2.75, 3.05) is 48.8 Å². The standard InChI is InChI=1S/C44H76O17/c1-22-34(55-19-18-50-9)24(3)42(8,48)60-35(22)30-15-14-28(56-30)29-16-17-32(57-29)41(7)38(53-12)26(5)44(61-41)23(2)31(51-10)20-27(58-44)21-33-40(6,54-13)37(52-11)25(4)43(49,59-33)36(45)39(46)47/h22-38,45,48-49H,14-21H2,1-13H3,(H,46,47). The van der Waals surface area contributed by atoms with E-state index in [1.54, 1.807) is 42.1 Å². The highest BCUT2D eigenvalue weighted by molar-refractivity contribution is 5.73. The average molecular weight is 877 g/mol. The van der Waals surface area contributed by atoms with Crippen LogP contribution in [0, 0.1) is 29.6 Å². The predicted molar refractivity (Wildman–Crippen MR) is 216 cm³/mol. The van der Waals surface area contributed by atoms with Gasteiger partial charge in [0.15, 0.2) is 11.6 Å². The fraction of sp³-hybridized carbons (Fsp3) is 0.977. The van der Waals surface area contributed by atoms with Crippen LogP contribution in [0.15, 0.2) is 0 Å². The Balaban J connectivity index is 1.19. The molecular weight excluding hydrogens is 800 g/mol. The van der Waals surface area contributed by atoms with E-state index in [0.717, 1.165) is 19.3 Å². The van der Waals surface area contributed by atoms with Gasteiger partial charge in [-0.05, 0) is 46.5 Å². The molecule has 0 saturated carbocycles. The Morgan fingerprint density at radius 1 is 0.754 bits per heavy atom. The van der Waals surface area contributed by atoms with Gasteiger partial charge in [0.25, 0.3) is 0 Å². The number of carboxylic acids is 1. The molecule has 4 N–H and O–H groups in total. The minimum atomic E-state index is -2.49. The number of carboxylic acid groups (broad SMARTS) is 1. The summed E-state index contributed by atoms with van der Waals surface area (Å²) in [5, 5.41) is 43.5. The van der Waals surface area contributed by atoms with Crippen LogP contribution in [-0.4, -0.2) is 177 Å². The number of rotatable bonds is 15. The smallest absolute Gasteiger partial charge is 0.338 e. The van der Waals surface area contributed by atoms with Gasteiger partial charge in [-0.15, -0.1) is 0 Å². The molecule has 0 aromatic carbocycles. The molecule has 1 spiro atoms. The van der Waals surface area contributed by atoms with Gasteiger partial charge in [-0.1, -0.05) is 34.6 Å². The molecule has 6 fully saturated rings. The number of methoxy groups -OCH3 is 5. The zero-order valence-electron chi connectivity index (χ0n) is 38.6. The first-order valence-electron chi connectivity index (χ1n) is 22.3. The Hall–Kier alpha value is -1.13. The number of aliphatic carboxylic acids is 1. The van der Waals surface area contributed by atoms with Crippen LogP contribution in [0.3, 0.4) is 0 Å². The Bertz CT molecular complexity index is 1490. The van der Waals surface area contributed by atoms with Crippen molar-refractivity contribution in [1.29, 1.82) is 0 Å². The van der Waals surface area contributed by atoms with Gasteiger partial charge in [0.05, 0.1) is 80.4 Å². The van der Waals surface area contributed by atoms with Crippen LogP contribution in [-0.2, 0) is 61.6 Å². The summed E-state index contributed by atoms with van der Waals surface area (Å²) < 4.78 is 76.4. The van der Waals surface area contributed by atoms with Gasteiger partial charge in [0.1, 0.15) is 11.2 Å². The highest BCUT2D eigenvalue weighted by Crippen LogP contribution is 2.57. The molecule has 0 radical (unpaired) electrons. The lowest BCUT2D eigenvalue weighted by atomic mass is 9.73. The number of ether oxygens (including phenoxy) is 12. The summed E-state index contributed by atoms with van der Waals surface area (Å²) in [7, 11) is 7.91. The second-order valence-corrected chi connectivity index (χ2v) is 19.3. The predicted octanol–water partition coefficient (Wildman–Crippen LogP) is 3.05. The van der Waals surface area contributed by atoms with E-state index in [4.69, 9.17) is 56.8 Å². The van der Waals surface area contributed by atoms with Gasteiger partial charge in [-0.3, -0.25) is 0 Å². The van der Waals surface area contributed by atoms with E-state index < -0.39 is 71.0 Å². The van der Waals surface area contributed by atoms with Gasteiger partial charge in [0.2, 0.25) is 11.9 Å². The topological polar surface area (TPSA) is 209 Å². The highest BCUT2D eigenvalue weighted by atomic mass is 16.7. The summed E-state index contributed by atoms with van der Waals surface area (Å²) >= 11 is 0. The van der Waals surface area contributed by atoms with Crippen molar-refractivity contribution in [3.8, 4) is 0 Å². The molecule has 354 valence electrons. The lowest BCUT2D eigenvalue weighted by Crippen LogP contribution is -2.72. The molecule has 17 nitrogen and oxygen atoms in total. The Labute approximate surface area is 361 Å². The molecule has 22 unspecified atom stereocenters. The molecule has 22 atom stereocenters. The van der Waals surface area contributed by atoms with Gasteiger partial charge < -0.3 is 77.3 Å². The van der Waals surface area contributed by atoms with Crippen molar-refractivity contribution in [3.05, 3.63) is 0 Å². The first-order chi connectivity index (χ1) is 28.6. The Morgan fingerprint density at radius 3 is 2.00 bits per heavy atom. The molecule has 61 heavy (non-hydrogen) atoms. The second-order valence-electron chi connectivity index (χ2n) is 19.3. The molecule has 0 aromatic heterocycles. The number of aliphatic hydroxyl groups is 3. The first kappa shape index (κ1) is 49.3. The van der Waals surface area contributed by atoms with Gasteiger partial charge >= 0.3 is 5.97 Å². The van der Waals surface area contributed by atoms with Gasteiger partial charge in [-0.2, -0.15) is 0 Å². The van der Waals surface area contributed by atoms with E-state index in [2.05, 4.69) is 13.8 Å². The van der Waals surface area contributed by atoms with E-state index >= 15 is 0 Å². The van der Waals surface area contributed by atoms with Gasteiger partial charge in [-0.25, -0.2) is 4.79 Å². The summed E-state index contributed by atoms with van der Waals surface area (Å²) in [5.74, 6) is -8.58. The van der Waals surface area contributed by atoms with Crippen molar-refractivity contribution in [3.63, 3.8) is 0 Å². The molecule has 0 bridgehead atoms. The van der Waals surface area contributed by atoms with Crippen molar-refractivity contribution >= 4 is 5.97 Å². The largest absolute Gasteiger partial charge is 0.479 e. The van der Waals surface area contributed by atoms with E-state index in [-0.39, 0.29) is 72.8 Å². The highest BCUT2D eigenvalue weighted by Gasteiger charge is 2.70. The summed E-state index contributed by atoms with van der Waals surface area (Å²) in [6.07, 6.45) is -3.61. The van der Waals surface area contributed by atoms with Crippen LogP contribution in [0.5, 0.6) is 0 Å². The summed E-state index contributed by atoms with van der Waals surface area (Å²) in [4.78, 5) is 12.0. The monoisotopic (exact) mass is 877 g/mol. The SMILES string of the molecule is COCCOC1C(C)C(C2CCC(C3CCC(C4(C)OC5(OC(CC6OC(O)(C(O)C(=O)O)C(C)C(OC)C6(C)OC)CC(OC)C5C)C(C)C4OC)O3)O2)OC(C)(O)C1C. The van der Waals surface area contributed by atoms with Crippen molar-refractivity contribution in [2.24, 2.45) is 29.6 Å². The number of carbonyl (C=O) groups is 1. The third kappa shape index (κ3) is 8.48. The maximum absolute atomic E-state index is 12.0. The Kier molecular flexibility index (Phi) is 15.1. The van der Waals surface area contributed by atoms with Crippen molar-refractivity contribution in [2.45, 2.75) is 196 Å². The van der Waals surface area contributed by atoms with E-state index in [1.807, 2.05) is 20.8 Å². The fourth-order valence-electron chi connectivity index (χ4n) is 12.1. The van der Waals surface area contributed by atoms with Crippen molar-refractivity contribution < 1.29 is 82.1 Å². The van der Waals surface area contributed by atoms with Crippen LogP contribution < -0.4 is 0 Å². The van der Waals surface area contributed by atoms with E-state index in [9.17, 15) is 25.2 Å². The molecule has 17 heteroatoms. The number of aliphatic hydroxyl groups excluding tert-OH is 1. The lowest BCUT2D eigenvalue weighted by molar-refractivity contribution is -0.389. The quantitative estimate of drug-likeness (QED) is 0.174. The van der Waals surface area contributed by atoms with Gasteiger partial charge in [0, 0.05) is 78.0 Å². The zero-order valence-corrected chi connectivity index (χ0v) is 38.6. The molecule has 6 heterocycles. The van der Waals surface area contributed by atoms with Crippen LogP contribution in [0.1, 0.15) is 93.9 Å². The fourth-order valence-corrected chi connectivity index (χ4v) is 12.1. The number of hydrogen-bond donors (Lipinski definition) is 4. The Morgan fingerprint density at radius 2 is 1.39 bits per heavy atom. The van der Waals surface area contributed by atoms with Crippen LogP contribution in [0.25, 0.3) is 0 Å². The third-order valence-electron chi connectivity index (χ3n) is 16.0. The third-order valence-corrected chi connectivity index (χ3v) is 16.0. The molecule has 0 aliphatic carbocycles. The minimum absolute atomic E-state index is 0.0309. The molecule has 0 aromatic rings. The molecule has 0 amide bonds. The molecule has 6 saturated heterocycles. The maximum Gasteiger partial charge on any atom is 0.338 e. The minimum Gasteiger partial charge on any atom is -0.479 e. The number of hydrogen-bond acceptors (Lipinski definition) is 16. The average Bonchev–Trinajstić information content (AvgIpc) is 3.96. The van der Waals surface area contributed by atoms with Crippen LogP contribution >= 0.6 is 0 Å². The molecular formula is C44H76O17. The summed E-state index contributed by atoms with van der Waals surface area (Å²) in [5.41, 5.74) is -2.14. The van der Waals surface area contributed by atoms with Crippen molar-refractivity contribution in [1.82, 2.24) is 0 Å². The second kappa shape index (κ2) is 18.6. The first-order valence-corrected chi connectivity index (χ1v) is 22.3. The molecule has 6 rings (SSSR count). The normalized spacial score (nSPS) is 52.2. The zero-order chi connectivity index (χ0) is 45.0. The summed E-state index contributed by atoms with van der Waals surface area (Å²) in [6, 6.07) is 0. The molecule has 6 aliphatic rings. The van der Waals surface area contributed by atoms with E-state index in [0.29, 0.717) is 26.1 Å². The van der Waals surface area contributed by atoms with Crippen LogP contribution in [0.2, 0.25) is 0 Å². The van der Waals surface area contributed by atoms with E-state index in [1.165, 1.54) is 14.2 Å².